The van der Waals surface area contributed by atoms with E-state index in [2.05, 4.69) is 25.5 Å². The Labute approximate surface area is 118 Å². The first-order valence-electron chi connectivity index (χ1n) is 5.95. The van der Waals surface area contributed by atoms with Crippen molar-refractivity contribution in [1.29, 1.82) is 0 Å². The molecule has 0 saturated heterocycles. The number of aromatic amines is 1. The average molecular weight is 285 g/mol. The van der Waals surface area contributed by atoms with Crippen LogP contribution in [0.5, 0.6) is 0 Å². The summed E-state index contributed by atoms with van der Waals surface area (Å²) in [7, 11) is 0. The fourth-order valence-electron chi connectivity index (χ4n) is 1.66. The molecule has 0 aliphatic heterocycles. The molecule has 0 atom stereocenters. The maximum atomic E-state index is 11.8. The van der Waals surface area contributed by atoms with Gasteiger partial charge in [0.1, 0.15) is 5.82 Å². The van der Waals surface area contributed by atoms with E-state index in [9.17, 15) is 4.79 Å². The molecule has 2 N–H and O–H groups in total. The van der Waals surface area contributed by atoms with Crippen molar-refractivity contribution in [3.8, 4) is 11.4 Å². The van der Waals surface area contributed by atoms with Crippen LogP contribution in [0, 0.1) is 0 Å². The van der Waals surface area contributed by atoms with Gasteiger partial charge in [0, 0.05) is 28.9 Å². The van der Waals surface area contributed by atoms with E-state index in [1.807, 2.05) is 17.5 Å². The number of pyridine rings is 1. The van der Waals surface area contributed by atoms with Crippen molar-refractivity contribution in [2.45, 2.75) is 6.54 Å². The lowest BCUT2D eigenvalue weighted by atomic mass is 10.2. The topological polar surface area (TPSA) is 83.6 Å². The van der Waals surface area contributed by atoms with Gasteiger partial charge in [0.2, 0.25) is 0 Å². The van der Waals surface area contributed by atoms with Crippen LogP contribution in [0.4, 0.5) is 0 Å². The second kappa shape index (κ2) is 5.62. The zero-order chi connectivity index (χ0) is 13.8. The second-order valence-corrected chi connectivity index (χ2v) is 4.82. The molecule has 1 amide bonds. The van der Waals surface area contributed by atoms with Gasteiger partial charge in [0.05, 0.1) is 6.54 Å². The number of hydrogen-bond acceptors (Lipinski definition) is 5. The molecule has 3 aromatic rings. The van der Waals surface area contributed by atoms with Gasteiger partial charge in [0.15, 0.2) is 5.82 Å². The van der Waals surface area contributed by atoms with Gasteiger partial charge in [-0.25, -0.2) is 4.98 Å². The quantitative estimate of drug-likeness (QED) is 0.766. The van der Waals surface area contributed by atoms with Crippen molar-refractivity contribution in [2.24, 2.45) is 0 Å². The fraction of sp³-hybridized carbons (Fsp3) is 0.0769. The molecule has 0 spiro atoms. The number of aromatic nitrogens is 4. The summed E-state index contributed by atoms with van der Waals surface area (Å²) in [6, 6.07) is 5.44. The standard InChI is InChI=1S/C13H11N5OS/c19-13(10-3-6-20-8-10)15-7-11-16-12(18-17-11)9-1-4-14-5-2-9/h1-6,8H,7H2,(H,15,19)(H,16,17,18). The van der Waals surface area contributed by atoms with Gasteiger partial charge in [-0.3, -0.25) is 14.9 Å². The number of nitrogens with zero attached hydrogens (tertiary/aromatic N) is 3. The molecule has 100 valence electrons. The van der Waals surface area contributed by atoms with Crippen LogP contribution in [0.1, 0.15) is 16.2 Å². The van der Waals surface area contributed by atoms with E-state index in [1.54, 1.807) is 23.8 Å². The average Bonchev–Trinajstić information content (AvgIpc) is 3.17. The normalized spacial score (nSPS) is 10.4. The third kappa shape index (κ3) is 2.72. The first-order chi connectivity index (χ1) is 9.83. The highest BCUT2D eigenvalue weighted by Crippen LogP contribution is 2.12. The van der Waals surface area contributed by atoms with Crippen LogP contribution in [0.2, 0.25) is 0 Å². The van der Waals surface area contributed by atoms with Crippen LogP contribution < -0.4 is 5.32 Å². The molecule has 0 saturated carbocycles. The SMILES string of the molecule is O=C(NCc1nc(-c2ccncc2)n[nH]1)c1ccsc1. The maximum absolute atomic E-state index is 11.8. The molecule has 3 rings (SSSR count). The first kappa shape index (κ1) is 12.5. The summed E-state index contributed by atoms with van der Waals surface area (Å²) in [5.74, 6) is 1.08. The molecule has 0 fully saturated rings. The predicted octanol–water partition coefficient (Wildman–Crippen LogP) is 1.86. The molecular weight excluding hydrogens is 274 g/mol. The van der Waals surface area contributed by atoms with Crippen LogP contribution in [0.15, 0.2) is 41.4 Å². The van der Waals surface area contributed by atoms with E-state index in [1.165, 1.54) is 11.3 Å². The fourth-order valence-corrected chi connectivity index (χ4v) is 2.30. The van der Waals surface area contributed by atoms with E-state index in [0.29, 0.717) is 23.8 Å². The number of nitrogens with one attached hydrogen (secondary N) is 2. The number of carbonyl (C=O) groups is 1. The summed E-state index contributed by atoms with van der Waals surface area (Å²) in [5, 5.41) is 13.4. The smallest absolute Gasteiger partial charge is 0.252 e. The van der Waals surface area contributed by atoms with Crippen LogP contribution in [0.25, 0.3) is 11.4 Å². The Balaban J connectivity index is 1.65. The van der Waals surface area contributed by atoms with Crippen LogP contribution >= 0.6 is 11.3 Å². The lowest BCUT2D eigenvalue weighted by Gasteiger charge is -1.99. The Morgan fingerprint density at radius 1 is 1.30 bits per heavy atom. The van der Waals surface area contributed by atoms with E-state index >= 15 is 0 Å². The van der Waals surface area contributed by atoms with Crippen molar-refractivity contribution in [1.82, 2.24) is 25.5 Å². The third-order valence-corrected chi connectivity index (χ3v) is 3.35. The minimum Gasteiger partial charge on any atom is -0.345 e. The monoisotopic (exact) mass is 285 g/mol. The maximum Gasteiger partial charge on any atom is 0.252 e. The zero-order valence-electron chi connectivity index (χ0n) is 10.4. The summed E-state index contributed by atoms with van der Waals surface area (Å²) < 4.78 is 0. The van der Waals surface area contributed by atoms with E-state index < -0.39 is 0 Å². The molecule has 0 radical (unpaired) electrons. The molecule has 3 heterocycles. The van der Waals surface area contributed by atoms with Crippen molar-refractivity contribution in [3.05, 3.63) is 52.7 Å². The molecule has 6 nitrogen and oxygen atoms in total. The highest BCUT2D eigenvalue weighted by atomic mass is 32.1. The third-order valence-electron chi connectivity index (χ3n) is 2.67. The molecule has 0 unspecified atom stereocenters. The number of amides is 1. The summed E-state index contributed by atoms with van der Waals surface area (Å²) in [5.41, 5.74) is 1.54. The summed E-state index contributed by atoms with van der Waals surface area (Å²) in [6.45, 7) is 0.312. The summed E-state index contributed by atoms with van der Waals surface area (Å²) >= 11 is 1.49. The summed E-state index contributed by atoms with van der Waals surface area (Å²) in [4.78, 5) is 20.1. The molecule has 0 aliphatic rings. The van der Waals surface area contributed by atoms with Crippen LogP contribution in [0.3, 0.4) is 0 Å². The number of thiophene rings is 1. The van der Waals surface area contributed by atoms with Gasteiger partial charge >= 0.3 is 0 Å². The minimum atomic E-state index is -0.117. The highest BCUT2D eigenvalue weighted by molar-refractivity contribution is 7.08. The van der Waals surface area contributed by atoms with Gasteiger partial charge < -0.3 is 5.32 Å². The van der Waals surface area contributed by atoms with Gasteiger partial charge in [0.25, 0.3) is 5.91 Å². The second-order valence-electron chi connectivity index (χ2n) is 4.04. The number of hydrogen-bond donors (Lipinski definition) is 2. The van der Waals surface area contributed by atoms with Crippen LogP contribution in [-0.2, 0) is 6.54 Å². The van der Waals surface area contributed by atoms with Gasteiger partial charge in [-0.05, 0) is 23.6 Å². The minimum absolute atomic E-state index is 0.117. The predicted molar refractivity (Wildman–Crippen MR) is 75.1 cm³/mol. The summed E-state index contributed by atoms with van der Waals surface area (Å²) in [6.07, 6.45) is 3.37. The Hall–Kier alpha value is -2.54. The molecule has 0 bridgehead atoms. The molecule has 3 aromatic heterocycles. The Kier molecular flexibility index (Phi) is 3.51. The van der Waals surface area contributed by atoms with Gasteiger partial charge in [-0.15, -0.1) is 0 Å². The molecule has 7 heteroatoms. The van der Waals surface area contributed by atoms with E-state index in [4.69, 9.17) is 0 Å². The zero-order valence-corrected chi connectivity index (χ0v) is 11.2. The van der Waals surface area contributed by atoms with Gasteiger partial charge in [-0.2, -0.15) is 16.4 Å². The molecular formula is C13H11N5OS. The largest absolute Gasteiger partial charge is 0.345 e. The van der Waals surface area contributed by atoms with Crippen molar-refractivity contribution in [2.75, 3.05) is 0 Å². The number of H-pyrrole nitrogens is 1. The molecule has 0 aromatic carbocycles. The Morgan fingerprint density at radius 3 is 2.90 bits per heavy atom. The van der Waals surface area contributed by atoms with Gasteiger partial charge in [-0.1, -0.05) is 0 Å². The van der Waals surface area contributed by atoms with Crippen molar-refractivity contribution >= 4 is 17.2 Å². The van der Waals surface area contributed by atoms with E-state index in [0.717, 1.165) is 5.56 Å². The molecule has 20 heavy (non-hydrogen) atoms. The highest BCUT2D eigenvalue weighted by Gasteiger charge is 2.08. The van der Waals surface area contributed by atoms with Crippen LogP contribution in [-0.4, -0.2) is 26.1 Å². The lowest BCUT2D eigenvalue weighted by Crippen LogP contribution is -2.22. The van der Waals surface area contributed by atoms with Crippen molar-refractivity contribution in [3.63, 3.8) is 0 Å². The van der Waals surface area contributed by atoms with E-state index in [-0.39, 0.29) is 5.91 Å². The number of carbonyl (C=O) groups excluding carboxylic acids is 1. The number of rotatable bonds is 4. The van der Waals surface area contributed by atoms with Crippen molar-refractivity contribution < 1.29 is 4.79 Å². The first-order valence-corrected chi connectivity index (χ1v) is 6.89. The molecule has 0 aliphatic carbocycles. The Bertz CT molecular complexity index is 693. The lowest BCUT2D eigenvalue weighted by molar-refractivity contribution is 0.0950. The Morgan fingerprint density at radius 2 is 2.15 bits per heavy atom.